The van der Waals surface area contributed by atoms with E-state index in [1.165, 1.54) is 24.5 Å². The molecule has 5 heteroatoms. The molecule has 1 aliphatic rings. The van der Waals surface area contributed by atoms with Gasteiger partial charge in [-0.15, -0.1) is 0 Å². The number of rotatable bonds is 1. The number of aromatic amines is 1. The maximum atomic E-state index is 11.7. The monoisotopic (exact) mass is 266 g/mol. The molecule has 0 saturated heterocycles. The number of aromatic nitrogens is 2. The summed E-state index contributed by atoms with van der Waals surface area (Å²) in [5.74, 6) is -0.522. The average Bonchev–Trinajstić information content (AvgIpc) is 2.45. The van der Waals surface area contributed by atoms with Crippen molar-refractivity contribution in [2.45, 2.75) is 0 Å². The number of hydrogen-bond acceptors (Lipinski definition) is 4. The van der Waals surface area contributed by atoms with E-state index in [2.05, 4.69) is 9.97 Å². The lowest BCUT2D eigenvalue weighted by molar-refractivity contribution is 0.104. The number of nitrogens with zero attached hydrogens (tertiary/aromatic N) is 1. The van der Waals surface area contributed by atoms with Gasteiger partial charge in [-0.1, -0.05) is 18.2 Å². The Bertz CT molecular complexity index is 907. The highest BCUT2D eigenvalue weighted by Crippen LogP contribution is 2.00. The molecule has 2 aromatic heterocycles. The molecule has 98 valence electrons. The Morgan fingerprint density at radius 3 is 2.90 bits per heavy atom. The van der Waals surface area contributed by atoms with E-state index in [0.29, 0.717) is 11.0 Å². The first-order chi connectivity index (χ1) is 9.65. The van der Waals surface area contributed by atoms with E-state index in [1.54, 1.807) is 24.3 Å². The van der Waals surface area contributed by atoms with Crippen molar-refractivity contribution in [3.63, 3.8) is 0 Å². The molecular formula is C15H10N2O3. The Morgan fingerprint density at radius 1 is 1.20 bits per heavy atom. The molecule has 2 aromatic rings. The number of nitrogens with one attached hydrogen (secondary N) is 1. The van der Waals surface area contributed by atoms with Gasteiger partial charge in [0.05, 0.1) is 5.35 Å². The van der Waals surface area contributed by atoms with Crippen molar-refractivity contribution in [2.24, 2.45) is 0 Å². The lowest BCUT2D eigenvalue weighted by Crippen LogP contribution is -2.25. The zero-order valence-corrected chi connectivity index (χ0v) is 10.3. The molecule has 0 radical (unpaired) electrons. The van der Waals surface area contributed by atoms with E-state index in [4.69, 9.17) is 0 Å². The molecule has 0 saturated carbocycles. The maximum absolute atomic E-state index is 11.7. The van der Waals surface area contributed by atoms with Gasteiger partial charge in [0, 0.05) is 23.2 Å². The summed E-state index contributed by atoms with van der Waals surface area (Å²) >= 11 is 0. The van der Waals surface area contributed by atoms with Gasteiger partial charge in [0.25, 0.3) is 0 Å². The normalized spacial score (nSPS) is 14.0. The number of ketones is 1. The van der Waals surface area contributed by atoms with Crippen LogP contribution in [0.5, 0.6) is 5.75 Å². The number of carbonyl (C=O) groups is 1. The molecule has 3 rings (SSSR count). The van der Waals surface area contributed by atoms with Crippen LogP contribution in [-0.4, -0.2) is 20.9 Å². The van der Waals surface area contributed by atoms with Crippen LogP contribution in [-0.2, 0) is 0 Å². The van der Waals surface area contributed by atoms with Crippen LogP contribution < -0.4 is 16.0 Å². The Morgan fingerprint density at radius 2 is 2.05 bits per heavy atom. The first-order valence-electron chi connectivity index (χ1n) is 5.97. The second-order valence-electron chi connectivity index (χ2n) is 4.33. The summed E-state index contributed by atoms with van der Waals surface area (Å²) in [6.45, 7) is 0. The fourth-order valence-electron chi connectivity index (χ4n) is 1.97. The van der Waals surface area contributed by atoms with E-state index in [9.17, 15) is 14.7 Å². The van der Waals surface area contributed by atoms with Gasteiger partial charge in [-0.3, -0.25) is 9.59 Å². The summed E-state index contributed by atoms with van der Waals surface area (Å²) in [6, 6.07) is 3.48. The predicted octanol–water partition coefficient (Wildman–Crippen LogP) is -0.163. The lowest BCUT2D eigenvalue weighted by atomic mass is 10.1. The van der Waals surface area contributed by atoms with E-state index in [0.717, 1.165) is 5.22 Å². The Balaban J connectivity index is 2.20. The average molecular weight is 266 g/mol. The number of H-pyrrole nitrogens is 1. The van der Waals surface area contributed by atoms with Gasteiger partial charge >= 0.3 is 0 Å². The van der Waals surface area contributed by atoms with E-state index in [1.807, 2.05) is 0 Å². The smallest absolute Gasteiger partial charge is 0.230 e. The zero-order chi connectivity index (χ0) is 14.1. The molecule has 5 nitrogen and oxygen atoms in total. The molecule has 0 fully saturated rings. The minimum absolute atomic E-state index is 0.164. The molecule has 1 aliphatic carbocycles. The van der Waals surface area contributed by atoms with Gasteiger partial charge in [0.15, 0.2) is 5.75 Å². The molecule has 0 bridgehead atoms. The van der Waals surface area contributed by atoms with Gasteiger partial charge < -0.3 is 10.1 Å². The van der Waals surface area contributed by atoms with Gasteiger partial charge in [-0.2, -0.15) is 0 Å². The SMILES string of the molecule is O=C1C=CC=c2ccc(=Cc3c[nH]cc(O)c3=O)nc21. The molecule has 20 heavy (non-hydrogen) atoms. The van der Waals surface area contributed by atoms with Crippen molar-refractivity contribution < 1.29 is 9.90 Å². The third-order valence-electron chi connectivity index (χ3n) is 2.96. The lowest BCUT2D eigenvalue weighted by Gasteiger charge is -2.01. The van der Waals surface area contributed by atoms with Crippen LogP contribution in [0.4, 0.5) is 0 Å². The minimum atomic E-state index is -0.485. The van der Waals surface area contributed by atoms with Gasteiger partial charge in [0.1, 0.15) is 5.69 Å². The third kappa shape index (κ3) is 2.05. The standard InChI is InChI=1S/C15H10N2O3/c18-12-3-1-2-9-4-5-11(17-14(9)12)6-10-7-16-8-13(19)15(10)20/h1-8,19H,(H,16,20). The number of allylic oxidation sites excluding steroid dienone is 2. The summed E-state index contributed by atoms with van der Waals surface area (Å²) in [4.78, 5) is 30.3. The van der Waals surface area contributed by atoms with Gasteiger partial charge in [-0.25, -0.2) is 4.98 Å². The van der Waals surface area contributed by atoms with Crippen LogP contribution in [0.1, 0.15) is 16.1 Å². The molecular weight excluding hydrogens is 256 g/mol. The fraction of sp³-hybridized carbons (Fsp3) is 0. The Labute approximate surface area is 113 Å². The Kier molecular flexibility index (Phi) is 2.80. The largest absolute Gasteiger partial charge is 0.503 e. The molecule has 2 N–H and O–H groups in total. The van der Waals surface area contributed by atoms with Crippen molar-refractivity contribution >= 4 is 17.9 Å². The highest BCUT2D eigenvalue weighted by Gasteiger charge is 2.08. The summed E-state index contributed by atoms with van der Waals surface area (Å²) < 4.78 is 0. The highest BCUT2D eigenvalue weighted by atomic mass is 16.3. The minimum Gasteiger partial charge on any atom is -0.503 e. The number of pyridine rings is 2. The predicted molar refractivity (Wildman–Crippen MR) is 73.7 cm³/mol. The quantitative estimate of drug-likeness (QED) is 0.751. The van der Waals surface area contributed by atoms with Crippen molar-refractivity contribution in [3.8, 4) is 5.75 Å². The van der Waals surface area contributed by atoms with Crippen molar-refractivity contribution in [1.82, 2.24) is 9.97 Å². The zero-order valence-electron chi connectivity index (χ0n) is 10.3. The van der Waals surface area contributed by atoms with Crippen LogP contribution >= 0.6 is 0 Å². The second kappa shape index (κ2) is 4.62. The molecule has 0 aliphatic heterocycles. The van der Waals surface area contributed by atoms with Crippen molar-refractivity contribution in [1.29, 1.82) is 0 Å². The van der Waals surface area contributed by atoms with E-state index < -0.39 is 5.43 Å². The van der Waals surface area contributed by atoms with Crippen LogP contribution in [0, 0.1) is 0 Å². The summed E-state index contributed by atoms with van der Waals surface area (Å²) in [5.41, 5.74) is 0.152. The first-order valence-corrected chi connectivity index (χ1v) is 5.97. The van der Waals surface area contributed by atoms with Crippen LogP contribution in [0.2, 0.25) is 0 Å². The summed E-state index contributed by atoms with van der Waals surface area (Å²) in [6.07, 6.45) is 9.12. The third-order valence-corrected chi connectivity index (χ3v) is 2.96. The fourth-order valence-corrected chi connectivity index (χ4v) is 1.97. The number of fused-ring (bicyclic) bond motifs is 1. The molecule has 0 amide bonds. The van der Waals surface area contributed by atoms with Crippen LogP contribution in [0.25, 0.3) is 12.2 Å². The molecule has 0 unspecified atom stereocenters. The number of aromatic hydroxyl groups is 1. The van der Waals surface area contributed by atoms with E-state index in [-0.39, 0.29) is 17.1 Å². The highest BCUT2D eigenvalue weighted by molar-refractivity contribution is 6.05. The molecule has 0 spiro atoms. The van der Waals surface area contributed by atoms with Crippen molar-refractivity contribution in [2.75, 3.05) is 0 Å². The van der Waals surface area contributed by atoms with Crippen LogP contribution in [0.3, 0.4) is 0 Å². The number of hydrogen-bond donors (Lipinski definition) is 2. The summed E-state index contributed by atoms with van der Waals surface area (Å²) in [5, 5.41) is 10.6. The van der Waals surface area contributed by atoms with E-state index >= 15 is 0 Å². The van der Waals surface area contributed by atoms with Gasteiger partial charge in [0.2, 0.25) is 11.2 Å². The topological polar surface area (TPSA) is 83.0 Å². The number of carbonyl (C=O) groups excluding carboxylic acids is 1. The summed E-state index contributed by atoms with van der Waals surface area (Å²) in [7, 11) is 0. The van der Waals surface area contributed by atoms with Crippen LogP contribution in [0.15, 0.2) is 41.5 Å². The maximum Gasteiger partial charge on any atom is 0.230 e. The first kappa shape index (κ1) is 12.1. The Hall–Kier alpha value is -2.95. The second-order valence-corrected chi connectivity index (χ2v) is 4.33. The molecule has 0 atom stereocenters. The molecule has 0 aromatic carbocycles. The van der Waals surface area contributed by atoms with Gasteiger partial charge in [-0.05, 0) is 18.2 Å². The van der Waals surface area contributed by atoms with Crippen molar-refractivity contribution in [3.05, 3.63) is 68.7 Å². The molecule has 2 heterocycles.